The number of nitrogens with one attached hydrogen (secondary N) is 2. The van der Waals surface area contributed by atoms with E-state index >= 15 is 0 Å². The molecule has 1 aromatic carbocycles. The Morgan fingerprint density at radius 1 is 1.19 bits per heavy atom. The van der Waals surface area contributed by atoms with Gasteiger partial charge in [0, 0.05) is 6.07 Å². The molecule has 0 unspecified atom stereocenters. The molecule has 0 atom stereocenters. The molecule has 4 aromatic rings. The molecule has 0 spiro atoms. The van der Waals surface area contributed by atoms with E-state index < -0.39 is 0 Å². The van der Waals surface area contributed by atoms with Crippen LogP contribution in [-0.2, 0) is 5.75 Å². The standard InChI is InChI=1S/C16H14N4S/c1-11-6-7-20-9-12(17-15(20)8-11)10-21-16-18-13-4-2-3-5-14(13)19-16/h2-9H,10H2,1H3,(H,18,19)/p+1. The summed E-state index contributed by atoms with van der Waals surface area (Å²) < 4.78 is 2.11. The molecule has 104 valence electrons. The first-order valence-corrected chi connectivity index (χ1v) is 7.83. The van der Waals surface area contributed by atoms with Crippen LogP contribution in [0.4, 0.5) is 0 Å². The van der Waals surface area contributed by atoms with Crippen LogP contribution in [0.3, 0.4) is 0 Å². The number of benzene rings is 1. The molecule has 3 aromatic heterocycles. The highest BCUT2D eigenvalue weighted by molar-refractivity contribution is 7.98. The first kappa shape index (κ1) is 12.5. The molecule has 0 radical (unpaired) electrons. The summed E-state index contributed by atoms with van der Waals surface area (Å²) in [6.45, 7) is 2.10. The fourth-order valence-corrected chi connectivity index (χ4v) is 3.20. The lowest BCUT2D eigenvalue weighted by Gasteiger charge is -1.90. The third kappa shape index (κ3) is 2.40. The van der Waals surface area contributed by atoms with Crippen LogP contribution in [0, 0.1) is 6.92 Å². The highest BCUT2D eigenvalue weighted by atomic mass is 32.2. The zero-order chi connectivity index (χ0) is 14.2. The molecule has 0 bridgehead atoms. The van der Waals surface area contributed by atoms with Gasteiger partial charge in [-0.3, -0.25) is 0 Å². The number of aromatic nitrogens is 4. The molecule has 0 aliphatic heterocycles. The van der Waals surface area contributed by atoms with E-state index in [1.54, 1.807) is 11.8 Å². The average molecular weight is 295 g/mol. The van der Waals surface area contributed by atoms with Crippen molar-refractivity contribution in [3.63, 3.8) is 0 Å². The smallest absolute Gasteiger partial charge is 0.284 e. The average Bonchev–Trinajstić information content (AvgIpc) is 3.07. The lowest BCUT2D eigenvalue weighted by atomic mass is 10.3. The van der Waals surface area contributed by atoms with Crippen LogP contribution < -0.4 is 4.40 Å². The third-order valence-electron chi connectivity index (χ3n) is 3.46. The number of nitrogens with zero attached hydrogens (tertiary/aromatic N) is 2. The maximum atomic E-state index is 4.58. The summed E-state index contributed by atoms with van der Waals surface area (Å²) >= 11 is 1.71. The SMILES string of the molecule is Cc1cc[n+]2cc(CSc3nc4ccccc4[nH]3)[nH]c2c1. The molecule has 0 saturated heterocycles. The predicted molar refractivity (Wildman–Crippen MR) is 84.3 cm³/mol. The Kier molecular flexibility index (Phi) is 2.93. The van der Waals surface area contributed by atoms with Gasteiger partial charge in [-0.2, -0.15) is 0 Å². The van der Waals surface area contributed by atoms with E-state index in [1.807, 2.05) is 24.3 Å². The van der Waals surface area contributed by atoms with Crippen molar-refractivity contribution in [2.75, 3.05) is 0 Å². The Balaban J connectivity index is 1.57. The van der Waals surface area contributed by atoms with Crippen molar-refractivity contribution in [2.24, 2.45) is 0 Å². The van der Waals surface area contributed by atoms with E-state index in [2.05, 4.69) is 50.8 Å². The number of rotatable bonds is 3. The summed E-state index contributed by atoms with van der Waals surface area (Å²) in [5.74, 6) is 0.862. The van der Waals surface area contributed by atoms with Crippen molar-refractivity contribution in [3.05, 3.63) is 60.0 Å². The van der Waals surface area contributed by atoms with Gasteiger partial charge in [-0.05, 0) is 30.7 Å². The van der Waals surface area contributed by atoms with Gasteiger partial charge in [-0.1, -0.05) is 23.9 Å². The second-order valence-corrected chi connectivity index (χ2v) is 6.09. The van der Waals surface area contributed by atoms with Crippen LogP contribution in [-0.4, -0.2) is 15.0 Å². The second kappa shape index (κ2) is 4.93. The van der Waals surface area contributed by atoms with Gasteiger partial charge < -0.3 is 4.98 Å². The molecule has 21 heavy (non-hydrogen) atoms. The Morgan fingerprint density at radius 3 is 3.00 bits per heavy atom. The Hall–Kier alpha value is -2.27. The van der Waals surface area contributed by atoms with E-state index in [1.165, 1.54) is 11.3 Å². The van der Waals surface area contributed by atoms with Crippen LogP contribution in [0.25, 0.3) is 16.7 Å². The lowest BCUT2D eigenvalue weighted by Crippen LogP contribution is -2.16. The Morgan fingerprint density at radius 2 is 2.10 bits per heavy atom. The van der Waals surface area contributed by atoms with Gasteiger partial charge in [0.25, 0.3) is 5.65 Å². The minimum Gasteiger partial charge on any atom is -0.333 e. The first-order valence-electron chi connectivity index (χ1n) is 6.85. The number of aromatic amines is 2. The molecule has 0 amide bonds. The minimum atomic E-state index is 0.862. The Bertz CT molecular complexity index is 889. The lowest BCUT2D eigenvalue weighted by molar-refractivity contribution is -0.510. The third-order valence-corrected chi connectivity index (χ3v) is 4.38. The normalized spacial score (nSPS) is 11.5. The maximum Gasteiger partial charge on any atom is 0.284 e. The number of imidazole rings is 2. The summed E-state index contributed by atoms with van der Waals surface area (Å²) in [4.78, 5) is 11.4. The monoisotopic (exact) mass is 295 g/mol. The van der Waals surface area contributed by atoms with Gasteiger partial charge in [0.2, 0.25) is 0 Å². The predicted octanol–water partition coefficient (Wildman–Crippen LogP) is 3.23. The van der Waals surface area contributed by atoms with E-state index in [9.17, 15) is 0 Å². The summed E-state index contributed by atoms with van der Waals surface area (Å²) in [5, 5.41) is 0.955. The first-order chi connectivity index (χ1) is 10.3. The van der Waals surface area contributed by atoms with E-state index in [4.69, 9.17) is 0 Å². The molecule has 4 rings (SSSR count). The fourth-order valence-electron chi connectivity index (χ4n) is 2.41. The van der Waals surface area contributed by atoms with Gasteiger partial charge in [-0.15, -0.1) is 0 Å². The van der Waals surface area contributed by atoms with Gasteiger partial charge in [-0.25, -0.2) is 14.4 Å². The molecule has 5 heteroatoms. The quantitative estimate of drug-likeness (QED) is 0.450. The van der Waals surface area contributed by atoms with E-state index in [-0.39, 0.29) is 0 Å². The van der Waals surface area contributed by atoms with Gasteiger partial charge in [0.15, 0.2) is 10.9 Å². The van der Waals surface area contributed by atoms with Crippen LogP contribution >= 0.6 is 11.8 Å². The van der Waals surface area contributed by atoms with Crippen molar-refractivity contribution in [3.8, 4) is 0 Å². The molecule has 0 aliphatic rings. The van der Waals surface area contributed by atoms with Gasteiger partial charge in [0.1, 0.15) is 6.20 Å². The van der Waals surface area contributed by atoms with Crippen molar-refractivity contribution in [1.82, 2.24) is 15.0 Å². The summed E-state index contributed by atoms with van der Waals surface area (Å²) in [6.07, 6.45) is 4.21. The van der Waals surface area contributed by atoms with Crippen LogP contribution in [0.15, 0.2) is 53.9 Å². The van der Waals surface area contributed by atoms with Crippen LogP contribution in [0.1, 0.15) is 11.3 Å². The fraction of sp³-hybridized carbons (Fsp3) is 0.125. The van der Waals surface area contributed by atoms with Crippen LogP contribution in [0.5, 0.6) is 0 Å². The zero-order valence-electron chi connectivity index (χ0n) is 11.6. The molecule has 3 heterocycles. The highest BCUT2D eigenvalue weighted by Crippen LogP contribution is 2.22. The van der Waals surface area contributed by atoms with E-state index in [0.717, 1.165) is 27.6 Å². The number of aryl methyl sites for hydroxylation is 1. The molecular weight excluding hydrogens is 280 g/mol. The van der Waals surface area contributed by atoms with Crippen molar-refractivity contribution >= 4 is 28.4 Å². The zero-order valence-corrected chi connectivity index (χ0v) is 12.4. The molecule has 0 saturated carbocycles. The number of hydrogen-bond donors (Lipinski definition) is 2. The highest BCUT2D eigenvalue weighted by Gasteiger charge is 2.10. The number of H-pyrrole nitrogens is 2. The van der Waals surface area contributed by atoms with Gasteiger partial charge >= 0.3 is 0 Å². The molecular formula is C16H15N4S+. The second-order valence-electron chi connectivity index (χ2n) is 5.12. The van der Waals surface area contributed by atoms with Crippen LogP contribution in [0.2, 0.25) is 0 Å². The van der Waals surface area contributed by atoms with Gasteiger partial charge in [0.05, 0.1) is 23.0 Å². The topological polar surface area (TPSA) is 48.6 Å². The van der Waals surface area contributed by atoms with Crippen molar-refractivity contribution in [2.45, 2.75) is 17.8 Å². The summed E-state index contributed by atoms with van der Waals surface area (Å²) in [5.41, 5.74) is 5.66. The molecule has 2 N–H and O–H groups in total. The minimum absolute atomic E-state index is 0.862. The number of fused-ring (bicyclic) bond motifs is 2. The maximum absolute atomic E-state index is 4.58. The number of hydrogen-bond acceptors (Lipinski definition) is 2. The molecule has 4 nitrogen and oxygen atoms in total. The molecule has 0 fully saturated rings. The Labute approximate surface area is 126 Å². The van der Waals surface area contributed by atoms with Crippen molar-refractivity contribution in [1.29, 1.82) is 0 Å². The van der Waals surface area contributed by atoms with E-state index in [0.29, 0.717) is 0 Å². The summed E-state index contributed by atoms with van der Waals surface area (Å²) in [7, 11) is 0. The van der Waals surface area contributed by atoms with Crippen molar-refractivity contribution < 1.29 is 4.40 Å². The largest absolute Gasteiger partial charge is 0.333 e. The number of pyridine rings is 1. The molecule has 0 aliphatic carbocycles. The number of para-hydroxylation sites is 2. The number of thioether (sulfide) groups is 1. The summed E-state index contributed by atoms with van der Waals surface area (Å²) in [6, 6.07) is 12.4.